The van der Waals surface area contributed by atoms with Gasteiger partial charge in [0.25, 0.3) is 0 Å². The molecule has 1 heterocycles. The lowest BCUT2D eigenvalue weighted by atomic mass is 10.00. The van der Waals surface area contributed by atoms with Crippen molar-refractivity contribution in [2.45, 2.75) is 25.4 Å². The van der Waals surface area contributed by atoms with Crippen LogP contribution in [0.25, 0.3) is 0 Å². The van der Waals surface area contributed by atoms with Gasteiger partial charge in [-0.25, -0.2) is 0 Å². The molecule has 132 valence electrons. The fourth-order valence-corrected chi connectivity index (χ4v) is 3.33. The van der Waals surface area contributed by atoms with Gasteiger partial charge in [0.1, 0.15) is 6.04 Å². The van der Waals surface area contributed by atoms with Crippen LogP contribution in [-0.2, 0) is 0 Å². The minimum absolute atomic E-state index is 0.336. The summed E-state index contributed by atoms with van der Waals surface area (Å²) >= 11 is 0. The first-order chi connectivity index (χ1) is 11.6. The normalized spacial score (nSPS) is 20.2. The zero-order chi connectivity index (χ0) is 17.7. The van der Waals surface area contributed by atoms with Gasteiger partial charge in [-0.15, -0.1) is 0 Å². The minimum Gasteiger partial charge on any atom is -0.493 e. The molecule has 0 amide bonds. The second-order valence-corrected chi connectivity index (χ2v) is 6.05. The summed E-state index contributed by atoms with van der Waals surface area (Å²) in [6.45, 7) is 4.96. The molecule has 0 aliphatic carbocycles. The summed E-state index contributed by atoms with van der Waals surface area (Å²) in [5.74, 6) is 1.70. The average Bonchev–Trinajstić information content (AvgIpc) is 2.62. The van der Waals surface area contributed by atoms with Crippen molar-refractivity contribution in [2.75, 3.05) is 48.0 Å². The molecule has 0 saturated carbocycles. The van der Waals surface area contributed by atoms with Crippen LogP contribution in [0.4, 0.5) is 0 Å². The molecule has 24 heavy (non-hydrogen) atoms. The zero-order valence-corrected chi connectivity index (χ0v) is 15.2. The molecule has 1 fully saturated rings. The molecule has 1 aliphatic heterocycles. The molecular formula is C18H27N3O3. The van der Waals surface area contributed by atoms with Crippen LogP contribution in [0.3, 0.4) is 0 Å². The third-order valence-corrected chi connectivity index (χ3v) is 4.66. The number of hydrogen-bond acceptors (Lipinski definition) is 6. The number of rotatable bonds is 6. The minimum atomic E-state index is -0.336. The fraction of sp³-hybridized carbons (Fsp3) is 0.611. The smallest absolute Gasteiger partial charge is 0.203 e. The van der Waals surface area contributed by atoms with Crippen LogP contribution in [0.1, 0.15) is 24.9 Å². The monoisotopic (exact) mass is 333 g/mol. The molecule has 0 N–H and O–H groups in total. The van der Waals surface area contributed by atoms with Crippen molar-refractivity contribution in [1.29, 1.82) is 5.26 Å². The quantitative estimate of drug-likeness (QED) is 0.796. The van der Waals surface area contributed by atoms with Gasteiger partial charge in [-0.1, -0.05) is 6.92 Å². The lowest BCUT2D eigenvalue weighted by Gasteiger charge is -2.42. The van der Waals surface area contributed by atoms with Gasteiger partial charge in [0.2, 0.25) is 5.75 Å². The summed E-state index contributed by atoms with van der Waals surface area (Å²) in [6, 6.07) is 6.23. The maximum atomic E-state index is 9.85. The van der Waals surface area contributed by atoms with Crippen LogP contribution in [-0.4, -0.2) is 63.9 Å². The second kappa shape index (κ2) is 8.22. The highest BCUT2D eigenvalue weighted by Crippen LogP contribution is 2.41. The van der Waals surface area contributed by atoms with Crippen LogP contribution in [0.15, 0.2) is 12.1 Å². The highest BCUT2D eigenvalue weighted by Gasteiger charge is 2.32. The molecule has 1 aliphatic rings. The fourth-order valence-electron chi connectivity index (χ4n) is 3.33. The Morgan fingerprint density at radius 2 is 1.79 bits per heavy atom. The van der Waals surface area contributed by atoms with E-state index in [4.69, 9.17) is 14.2 Å². The Labute approximate surface area is 144 Å². The highest BCUT2D eigenvalue weighted by atomic mass is 16.5. The Morgan fingerprint density at radius 1 is 1.17 bits per heavy atom. The van der Waals surface area contributed by atoms with Gasteiger partial charge in [-0.3, -0.25) is 4.90 Å². The van der Waals surface area contributed by atoms with Gasteiger partial charge in [0.05, 0.1) is 27.4 Å². The van der Waals surface area contributed by atoms with E-state index in [1.807, 2.05) is 12.1 Å². The van der Waals surface area contributed by atoms with Gasteiger partial charge >= 0.3 is 0 Å². The first kappa shape index (κ1) is 18.4. The van der Waals surface area contributed by atoms with Crippen molar-refractivity contribution in [3.8, 4) is 23.3 Å². The van der Waals surface area contributed by atoms with Crippen molar-refractivity contribution in [3.05, 3.63) is 17.7 Å². The van der Waals surface area contributed by atoms with E-state index >= 15 is 0 Å². The SMILES string of the molecule is CCC1CN(C)CCN1C(C#N)c1cc(OC)c(OC)c(OC)c1. The number of piperazine rings is 1. The predicted octanol–water partition coefficient (Wildman–Crippen LogP) is 2.30. The van der Waals surface area contributed by atoms with Crippen LogP contribution in [0, 0.1) is 11.3 Å². The second-order valence-electron chi connectivity index (χ2n) is 6.05. The van der Waals surface area contributed by atoms with Crippen molar-refractivity contribution in [3.63, 3.8) is 0 Å². The van der Waals surface area contributed by atoms with Crippen LogP contribution in [0.2, 0.25) is 0 Å². The van der Waals surface area contributed by atoms with Gasteiger partial charge < -0.3 is 19.1 Å². The number of nitriles is 1. The third kappa shape index (κ3) is 3.58. The van der Waals surface area contributed by atoms with Gasteiger partial charge in [-0.05, 0) is 31.2 Å². The van der Waals surface area contributed by atoms with E-state index in [2.05, 4.69) is 29.8 Å². The van der Waals surface area contributed by atoms with E-state index in [1.54, 1.807) is 21.3 Å². The summed E-state index contributed by atoms with van der Waals surface area (Å²) < 4.78 is 16.2. The van der Waals surface area contributed by atoms with Crippen LogP contribution in [0.5, 0.6) is 17.2 Å². The van der Waals surface area contributed by atoms with E-state index in [0.717, 1.165) is 31.6 Å². The molecule has 1 saturated heterocycles. The highest BCUT2D eigenvalue weighted by molar-refractivity contribution is 5.55. The molecule has 2 rings (SSSR count). The Kier molecular flexibility index (Phi) is 6.29. The van der Waals surface area contributed by atoms with E-state index in [9.17, 15) is 5.26 Å². The molecule has 0 spiro atoms. The van der Waals surface area contributed by atoms with Crippen LogP contribution >= 0.6 is 0 Å². The summed E-state index contributed by atoms with van der Waals surface area (Å²) in [7, 11) is 6.89. The molecule has 6 heteroatoms. The number of nitrogens with zero attached hydrogens (tertiary/aromatic N) is 3. The largest absolute Gasteiger partial charge is 0.493 e. The summed E-state index contributed by atoms with van der Waals surface area (Å²) in [6.07, 6.45) is 1.01. The maximum absolute atomic E-state index is 9.85. The van der Waals surface area contributed by atoms with Crippen molar-refractivity contribution < 1.29 is 14.2 Å². The molecule has 0 radical (unpaired) electrons. The molecule has 0 aromatic heterocycles. The summed E-state index contributed by atoms with van der Waals surface area (Å²) in [4.78, 5) is 4.59. The summed E-state index contributed by atoms with van der Waals surface area (Å²) in [5, 5.41) is 9.85. The summed E-state index contributed by atoms with van der Waals surface area (Å²) in [5.41, 5.74) is 0.870. The van der Waals surface area contributed by atoms with E-state index in [1.165, 1.54) is 0 Å². The molecular weight excluding hydrogens is 306 g/mol. The zero-order valence-electron chi connectivity index (χ0n) is 15.2. The topological polar surface area (TPSA) is 58.0 Å². The van der Waals surface area contributed by atoms with Gasteiger partial charge in [-0.2, -0.15) is 5.26 Å². The van der Waals surface area contributed by atoms with Gasteiger partial charge in [0.15, 0.2) is 11.5 Å². The first-order valence-electron chi connectivity index (χ1n) is 8.23. The average molecular weight is 333 g/mol. The molecule has 2 unspecified atom stereocenters. The number of methoxy groups -OCH3 is 3. The number of hydrogen-bond donors (Lipinski definition) is 0. The van der Waals surface area contributed by atoms with Crippen LogP contribution < -0.4 is 14.2 Å². The molecule has 1 aromatic carbocycles. The third-order valence-electron chi connectivity index (χ3n) is 4.66. The lowest BCUT2D eigenvalue weighted by Crippen LogP contribution is -2.52. The van der Waals surface area contributed by atoms with E-state index in [-0.39, 0.29) is 6.04 Å². The standard InChI is InChI=1S/C18H27N3O3/c1-6-14-12-20(2)7-8-21(14)15(11-19)13-9-16(22-3)18(24-5)17(10-13)23-4/h9-10,14-15H,6-8,12H2,1-5H3. The molecule has 6 nitrogen and oxygen atoms in total. The van der Waals surface area contributed by atoms with Crippen molar-refractivity contribution in [2.24, 2.45) is 0 Å². The Hall–Kier alpha value is -1.97. The number of likely N-dealkylation sites (N-methyl/N-ethyl adjacent to an activating group) is 1. The Bertz CT molecular complexity index is 575. The maximum Gasteiger partial charge on any atom is 0.203 e. The van der Waals surface area contributed by atoms with E-state index < -0.39 is 0 Å². The van der Waals surface area contributed by atoms with Gasteiger partial charge in [0, 0.05) is 25.7 Å². The Balaban J connectivity index is 2.42. The van der Waals surface area contributed by atoms with Crippen molar-refractivity contribution in [1.82, 2.24) is 9.80 Å². The Morgan fingerprint density at radius 3 is 2.25 bits per heavy atom. The molecule has 0 bridgehead atoms. The number of benzene rings is 1. The lowest BCUT2D eigenvalue weighted by molar-refractivity contribution is 0.0674. The first-order valence-corrected chi connectivity index (χ1v) is 8.23. The van der Waals surface area contributed by atoms with E-state index in [0.29, 0.717) is 23.3 Å². The molecule has 1 aromatic rings. The number of ether oxygens (including phenoxy) is 3. The predicted molar refractivity (Wildman–Crippen MR) is 92.7 cm³/mol. The van der Waals surface area contributed by atoms with Crippen molar-refractivity contribution >= 4 is 0 Å². The molecule has 2 atom stereocenters.